The van der Waals surface area contributed by atoms with Gasteiger partial charge in [0, 0.05) is 32.2 Å². The predicted octanol–water partition coefficient (Wildman–Crippen LogP) is 3.38. The Morgan fingerprint density at radius 1 is 0.966 bits per heavy atom. The largest absolute Gasteiger partial charge is 0.478 e. The van der Waals surface area contributed by atoms with Crippen molar-refractivity contribution in [2.75, 3.05) is 41.3 Å². The second kappa shape index (κ2) is 8.14. The number of aromatic nitrogens is 2. The Bertz CT molecular complexity index is 1020. The molecule has 4 rings (SSSR count). The van der Waals surface area contributed by atoms with Crippen LogP contribution in [0.4, 0.5) is 27.4 Å². The molecule has 0 bridgehead atoms. The molecule has 0 amide bonds. The number of nitrogens with one attached hydrogen (secondary N) is 1. The fourth-order valence-electron chi connectivity index (χ4n) is 3.39. The molecule has 1 aromatic heterocycles. The van der Waals surface area contributed by atoms with Crippen LogP contribution in [0.2, 0.25) is 0 Å². The second-order valence-corrected chi connectivity index (χ2v) is 6.66. The van der Waals surface area contributed by atoms with Crippen molar-refractivity contribution in [1.29, 1.82) is 0 Å². The van der Waals surface area contributed by atoms with Gasteiger partial charge in [-0.3, -0.25) is 0 Å². The molecule has 0 spiro atoms. The zero-order valence-electron chi connectivity index (χ0n) is 15.6. The summed E-state index contributed by atoms with van der Waals surface area (Å²) in [7, 11) is 0. The Morgan fingerprint density at radius 3 is 2.41 bits per heavy atom. The van der Waals surface area contributed by atoms with Gasteiger partial charge >= 0.3 is 5.97 Å². The summed E-state index contributed by atoms with van der Waals surface area (Å²) in [6.07, 6.45) is 1.45. The molecule has 0 saturated carbocycles. The van der Waals surface area contributed by atoms with Crippen LogP contribution in [-0.4, -0.2) is 47.2 Å². The first-order valence-electron chi connectivity index (χ1n) is 9.27. The normalized spacial score (nSPS) is 14.0. The van der Waals surface area contributed by atoms with Gasteiger partial charge in [0.05, 0.1) is 16.9 Å². The zero-order chi connectivity index (χ0) is 20.2. The highest BCUT2D eigenvalue weighted by molar-refractivity contribution is 5.95. The number of hydrogen-bond donors (Lipinski definition) is 2. The lowest BCUT2D eigenvalue weighted by Crippen LogP contribution is -2.47. The maximum atomic E-state index is 14.0. The Morgan fingerprint density at radius 2 is 1.66 bits per heavy atom. The van der Waals surface area contributed by atoms with Crippen LogP contribution in [0.1, 0.15) is 10.4 Å². The standard InChI is InChI=1S/C21H20FN5O2/c22-16-6-2-4-8-18(16)26-9-11-27(12-10-26)20-13-19(23-14-24-20)25-17-7-3-1-5-15(17)21(28)29/h1-8,13-14H,9-12H2,(H,28,29)(H,23,24,25). The molecule has 1 aliphatic rings. The fourth-order valence-corrected chi connectivity index (χ4v) is 3.39. The third-order valence-electron chi connectivity index (χ3n) is 4.87. The number of para-hydroxylation sites is 2. The van der Waals surface area contributed by atoms with E-state index < -0.39 is 5.97 Å². The summed E-state index contributed by atoms with van der Waals surface area (Å²) < 4.78 is 14.0. The predicted molar refractivity (Wildman–Crippen MR) is 110 cm³/mol. The highest BCUT2D eigenvalue weighted by atomic mass is 19.1. The summed E-state index contributed by atoms with van der Waals surface area (Å²) in [5.41, 5.74) is 1.25. The third-order valence-corrected chi connectivity index (χ3v) is 4.87. The molecular formula is C21H20FN5O2. The molecule has 0 radical (unpaired) electrons. The van der Waals surface area contributed by atoms with E-state index in [1.54, 1.807) is 36.4 Å². The number of carbonyl (C=O) groups is 1. The Labute approximate surface area is 167 Å². The van der Waals surface area contributed by atoms with Crippen LogP contribution in [0, 0.1) is 5.82 Å². The minimum Gasteiger partial charge on any atom is -0.478 e. The van der Waals surface area contributed by atoms with Crippen molar-refractivity contribution >= 4 is 29.0 Å². The second-order valence-electron chi connectivity index (χ2n) is 6.66. The van der Waals surface area contributed by atoms with E-state index in [9.17, 15) is 14.3 Å². The van der Waals surface area contributed by atoms with Crippen LogP contribution >= 0.6 is 0 Å². The molecule has 2 heterocycles. The van der Waals surface area contributed by atoms with E-state index in [1.807, 2.05) is 11.0 Å². The Balaban J connectivity index is 1.46. The summed E-state index contributed by atoms with van der Waals surface area (Å²) in [6.45, 7) is 2.73. The lowest BCUT2D eigenvalue weighted by atomic mass is 10.2. The first-order chi connectivity index (χ1) is 14.1. The summed E-state index contributed by atoms with van der Waals surface area (Å²) in [5, 5.41) is 12.4. The monoisotopic (exact) mass is 393 g/mol. The molecular weight excluding hydrogens is 373 g/mol. The van der Waals surface area contributed by atoms with E-state index in [-0.39, 0.29) is 11.4 Å². The van der Waals surface area contributed by atoms with Gasteiger partial charge in [-0.05, 0) is 24.3 Å². The molecule has 2 aromatic carbocycles. The number of piperazine rings is 1. The zero-order valence-corrected chi connectivity index (χ0v) is 15.6. The maximum Gasteiger partial charge on any atom is 0.337 e. The molecule has 8 heteroatoms. The molecule has 148 valence electrons. The number of benzene rings is 2. The van der Waals surface area contributed by atoms with Gasteiger partial charge in [0.25, 0.3) is 0 Å². The minimum absolute atomic E-state index is 0.172. The van der Waals surface area contributed by atoms with Gasteiger partial charge in [-0.15, -0.1) is 0 Å². The number of rotatable bonds is 5. The van der Waals surface area contributed by atoms with Crippen LogP contribution < -0.4 is 15.1 Å². The molecule has 2 N–H and O–H groups in total. The first kappa shape index (κ1) is 18.7. The third kappa shape index (κ3) is 4.11. The van der Waals surface area contributed by atoms with Crippen LogP contribution in [0.3, 0.4) is 0 Å². The lowest BCUT2D eigenvalue weighted by Gasteiger charge is -2.36. The van der Waals surface area contributed by atoms with Crippen molar-refractivity contribution in [3.05, 3.63) is 72.3 Å². The van der Waals surface area contributed by atoms with Crippen LogP contribution in [-0.2, 0) is 0 Å². The van der Waals surface area contributed by atoms with E-state index in [0.29, 0.717) is 43.4 Å². The van der Waals surface area contributed by atoms with Gasteiger partial charge in [-0.25, -0.2) is 19.2 Å². The Kier molecular flexibility index (Phi) is 5.24. The molecule has 7 nitrogen and oxygen atoms in total. The molecule has 0 atom stereocenters. The van der Waals surface area contributed by atoms with E-state index in [1.165, 1.54) is 18.5 Å². The van der Waals surface area contributed by atoms with Crippen LogP contribution in [0.5, 0.6) is 0 Å². The number of anilines is 4. The van der Waals surface area contributed by atoms with Gasteiger partial charge < -0.3 is 20.2 Å². The molecule has 1 fully saturated rings. The van der Waals surface area contributed by atoms with Crippen LogP contribution in [0.15, 0.2) is 60.9 Å². The van der Waals surface area contributed by atoms with Crippen molar-refractivity contribution in [2.24, 2.45) is 0 Å². The first-order valence-corrected chi connectivity index (χ1v) is 9.27. The molecule has 1 saturated heterocycles. The number of nitrogens with zero attached hydrogens (tertiary/aromatic N) is 4. The average molecular weight is 393 g/mol. The van der Waals surface area contributed by atoms with Crippen molar-refractivity contribution < 1.29 is 14.3 Å². The molecule has 29 heavy (non-hydrogen) atoms. The number of carboxylic acids is 1. The summed E-state index contributed by atoms with van der Waals surface area (Å²) >= 11 is 0. The number of hydrogen-bond acceptors (Lipinski definition) is 6. The quantitative estimate of drug-likeness (QED) is 0.688. The van der Waals surface area contributed by atoms with E-state index in [0.717, 1.165) is 5.82 Å². The van der Waals surface area contributed by atoms with E-state index in [4.69, 9.17) is 0 Å². The van der Waals surface area contributed by atoms with Gasteiger partial charge in [0.1, 0.15) is 23.8 Å². The molecule has 0 unspecified atom stereocenters. The molecule has 1 aliphatic heterocycles. The SMILES string of the molecule is O=C(O)c1ccccc1Nc1cc(N2CCN(c3ccccc3F)CC2)ncn1. The lowest BCUT2D eigenvalue weighted by molar-refractivity contribution is 0.0698. The van der Waals surface area contributed by atoms with Gasteiger partial charge in [-0.2, -0.15) is 0 Å². The van der Waals surface area contributed by atoms with Gasteiger partial charge in [0.15, 0.2) is 0 Å². The summed E-state index contributed by atoms with van der Waals surface area (Å²) in [6, 6.07) is 15.2. The summed E-state index contributed by atoms with van der Waals surface area (Å²) in [5.74, 6) is 0.0296. The van der Waals surface area contributed by atoms with Gasteiger partial charge in [0.2, 0.25) is 0 Å². The summed E-state index contributed by atoms with van der Waals surface area (Å²) in [4.78, 5) is 24.1. The molecule has 3 aromatic rings. The Hall–Kier alpha value is -3.68. The topological polar surface area (TPSA) is 81.6 Å². The smallest absolute Gasteiger partial charge is 0.337 e. The fraction of sp³-hybridized carbons (Fsp3) is 0.190. The number of carboxylic acid groups (broad SMARTS) is 1. The van der Waals surface area contributed by atoms with E-state index in [2.05, 4.69) is 20.2 Å². The van der Waals surface area contributed by atoms with Crippen molar-refractivity contribution in [3.8, 4) is 0 Å². The maximum absolute atomic E-state index is 14.0. The molecule has 0 aliphatic carbocycles. The van der Waals surface area contributed by atoms with Crippen LogP contribution in [0.25, 0.3) is 0 Å². The van der Waals surface area contributed by atoms with Gasteiger partial charge in [-0.1, -0.05) is 24.3 Å². The minimum atomic E-state index is -1.01. The average Bonchev–Trinajstić information content (AvgIpc) is 2.75. The number of halogens is 1. The highest BCUT2D eigenvalue weighted by Crippen LogP contribution is 2.24. The van der Waals surface area contributed by atoms with Crippen molar-refractivity contribution in [3.63, 3.8) is 0 Å². The van der Waals surface area contributed by atoms with Crippen molar-refractivity contribution in [1.82, 2.24) is 9.97 Å². The number of aromatic carboxylic acids is 1. The van der Waals surface area contributed by atoms with E-state index >= 15 is 0 Å². The van der Waals surface area contributed by atoms with Crippen molar-refractivity contribution in [2.45, 2.75) is 0 Å². The highest BCUT2D eigenvalue weighted by Gasteiger charge is 2.20.